The Bertz CT molecular complexity index is 447. The van der Waals surface area contributed by atoms with Crippen LogP contribution in [0, 0.1) is 5.92 Å². The van der Waals surface area contributed by atoms with Crippen LogP contribution >= 0.6 is 0 Å². The second-order valence-corrected chi connectivity index (χ2v) is 5.88. The molecule has 2 N–H and O–H groups in total. The molecular formula is C16H22N2O. The summed E-state index contributed by atoms with van der Waals surface area (Å²) in [4.78, 5) is 12.7. The molecule has 1 aliphatic heterocycles. The highest BCUT2D eigenvalue weighted by Crippen LogP contribution is 2.44. The number of amides is 1. The van der Waals surface area contributed by atoms with Crippen LogP contribution in [0.4, 0.5) is 0 Å². The lowest BCUT2D eigenvalue weighted by Gasteiger charge is -2.30. The molecule has 2 fully saturated rings. The molecule has 1 saturated heterocycles. The van der Waals surface area contributed by atoms with Gasteiger partial charge in [0.05, 0.1) is 6.04 Å². The molecule has 1 aromatic carbocycles. The molecule has 0 radical (unpaired) electrons. The summed E-state index contributed by atoms with van der Waals surface area (Å²) in [5, 5.41) is 6.68. The first-order valence-electron chi connectivity index (χ1n) is 7.33. The standard InChI is InChI=1S/C16H22N2O/c1-12(13-6-3-2-4-7-13)18-15(19)16(14-8-9-14)10-5-11-17-16/h2-4,6-7,12,14,17H,5,8-11H2,1H3,(H,18,19)/t12?,16-/m1/s1. The highest BCUT2D eigenvalue weighted by atomic mass is 16.2. The molecule has 0 spiro atoms. The lowest BCUT2D eigenvalue weighted by atomic mass is 9.89. The van der Waals surface area contributed by atoms with E-state index in [1.165, 1.54) is 18.4 Å². The lowest BCUT2D eigenvalue weighted by molar-refractivity contribution is -0.128. The molecule has 1 saturated carbocycles. The maximum absolute atomic E-state index is 12.7. The molecule has 0 aromatic heterocycles. The molecule has 2 atom stereocenters. The van der Waals surface area contributed by atoms with E-state index in [2.05, 4.69) is 29.7 Å². The molecule has 0 bridgehead atoms. The molecule has 1 aromatic rings. The minimum Gasteiger partial charge on any atom is -0.348 e. The van der Waals surface area contributed by atoms with Crippen LogP contribution in [0.1, 0.15) is 44.2 Å². The predicted molar refractivity (Wildman–Crippen MR) is 75.7 cm³/mol. The molecule has 3 rings (SSSR count). The topological polar surface area (TPSA) is 41.1 Å². The Kier molecular flexibility index (Phi) is 3.31. The minimum atomic E-state index is -0.275. The van der Waals surface area contributed by atoms with Crippen LogP contribution < -0.4 is 10.6 Å². The van der Waals surface area contributed by atoms with Crippen molar-refractivity contribution in [2.45, 2.75) is 44.2 Å². The maximum atomic E-state index is 12.7. The van der Waals surface area contributed by atoms with Gasteiger partial charge in [-0.1, -0.05) is 30.3 Å². The summed E-state index contributed by atoms with van der Waals surface area (Å²) in [7, 11) is 0. The molecule has 2 aliphatic rings. The van der Waals surface area contributed by atoms with Gasteiger partial charge in [-0.05, 0) is 50.6 Å². The van der Waals surface area contributed by atoms with Gasteiger partial charge in [0.1, 0.15) is 5.54 Å². The van der Waals surface area contributed by atoms with Crippen molar-refractivity contribution in [2.75, 3.05) is 6.54 Å². The zero-order chi connectivity index (χ0) is 13.3. The molecule has 102 valence electrons. The summed E-state index contributed by atoms with van der Waals surface area (Å²) in [6, 6.07) is 10.2. The molecular weight excluding hydrogens is 236 g/mol. The first-order valence-corrected chi connectivity index (χ1v) is 7.33. The Labute approximate surface area is 114 Å². The van der Waals surface area contributed by atoms with Gasteiger partial charge >= 0.3 is 0 Å². The second kappa shape index (κ2) is 4.97. The van der Waals surface area contributed by atoms with Crippen molar-refractivity contribution in [1.29, 1.82) is 0 Å². The van der Waals surface area contributed by atoms with Gasteiger partial charge in [-0.15, -0.1) is 0 Å². The normalized spacial score (nSPS) is 28.1. The number of nitrogens with one attached hydrogen (secondary N) is 2. The number of hydrogen-bond donors (Lipinski definition) is 2. The molecule has 19 heavy (non-hydrogen) atoms. The monoisotopic (exact) mass is 258 g/mol. The van der Waals surface area contributed by atoms with Gasteiger partial charge < -0.3 is 10.6 Å². The Morgan fingerprint density at radius 3 is 2.68 bits per heavy atom. The van der Waals surface area contributed by atoms with Crippen molar-refractivity contribution >= 4 is 5.91 Å². The van der Waals surface area contributed by atoms with Crippen molar-refractivity contribution in [2.24, 2.45) is 5.92 Å². The van der Waals surface area contributed by atoms with Gasteiger partial charge in [0.25, 0.3) is 0 Å². The van der Waals surface area contributed by atoms with E-state index in [-0.39, 0.29) is 17.5 Å². The first-order chi connectivity index (χ1) is 9.22. The second-order valence-electron chi connectivity index (χ2n) is 5.88. The van der Waals surface area contributed by atoms with E-state index in [9.17, 15) is 4.79 Å². The van der Waals surface area contributed by atoms with E-state index in [0.29, 0.717) is 5.92 Å². The largest absolute Gasteiger partial charge is 0.348 e. The Morgan fingerprint density at radius 1 is 1.37 bits per heavy atom. The number of hydrogen-bond acceptors (Lipinski definition) is 2. The Morgan fingerprint density at radius 2 is 2.11 bits per heavy atom. The maximum Gasteiger partial charge on any atom is 0.241 e. The van der Waals surface area contributed by atoms with E-state index in [4.69, 9.17) is 0 Å². The highest BCUT2D eigenvalue weighted by molar-refractivity contribution is 5.87. The smallest absolute Gasteiger partial charge is 0.241 e. The van der Waals surface area contributed by atoms with E-state index in [0.717, 1.165) is 19.4 Å². The Balaban J connectivity index is 1.70. The molecule has 3 nitrogen and oxygen atoms in total. The molecule has 1 amide bonds. The zero-order valence-corrected chi connectivity index (χ0v) is 11.5. The van der Waals surface area contributed by atoms with Gasteiger partial charge in [0, 0.05) is 0 Å². The molecule has 1 aliphatic carbocycles. The van der Waals surface area contributed by atoms with Crippen molar-refractivity contribution in [1.82, 2.24) is 10.6 Å². The lowest BCUT2D eigenvalue weighted by Crippen LogP contribution is -2.55. The number of carbonyl (C=O) groups is 1. The van der Waals surface area contributed by atoms with Crippen molar-refractivity contribution in [3.05, 3.63) is 35.9 Å². The molecule has 3 heteroatoms. The Hall–Kier alpha value is -1.35. The number of carbonyl (C=O) groups excluding carboxylic acids is 1. The van der Waals surface area contributed by atoms with Crippen molar-refractivity contribution in [3.8, 4) is 0 Å². The van der Waals surface area contributed by atoms with Crippen LogP contribution in [0.15, 0.2) is 30.3 Å². The van der Waals surface area contributed by atoms with Gasteiger partial charge in [-0.2, -0.15) is 0 Å². The van der Waals surface area contributed by atoms with Crippen LogP contribution in [-0.2, 0) is 4.79 Å². The number of benzene rings is 1. The van der Waals surface area contributed by atoms with Gasteiger partial charge in [0.15, 0.2) is 0 Å². The molecule has 1 heterocycles. The average Bonchev–Trinajstić information content (AvgIpc) is 3.18. The van der Waals surface area contributed by atoms with Crippen LogP contribution in [-0.4, -0.2) is 18.0 Å². The third kappa shape index (κ3) is 2.39. The first kappa shape index (κ1) is 12.7. The van der Waals surface area contributed by atoms with E-state index >= 15 is 0 Å². The fourth-order valence-corrected chi connectivity index (χ4v) is 3.22. The van der Waals surface area contributed by atoms with Crippen LogP contribution in [0.3, 0.4) is 0 Å². The van der Waals surface area contributed by atoms with Gasteiger partial charge in [-0.25, -0.2) is 0 Å². The zero-order valence-electron chi connectivity index (χ0n) is 11.5. The average molecular weight is 258 g/mol. The summed E-state index contributed by atoms with van der Waals surface area (Å²) >= 11 is 0. The van der Waals surface area contributed by atoms with Crippen molar-refractivity contribution < 1.29 is 4.79 Å². The fourth-order valence-electron chi connectivity index (χ4n) is 3.22. The van der Waals surface area contributed by atoms with Gasteiger partial charge in [0.2, 0.25) is 5.91 Å². The summed E-state index contributed by atoms with van der Waals surface area (Å²) in [6.07, 6.45) is 4.49. The summed E-state index contributed by atoms with van der Waals surface area (Å²) < 4.78 is 0. The number of rotatable bonds is 4. The fraction of sp³-hybridized carbons (Fsp3) is 0.562. The SMILES string of the molecule is CC(NC(=O)[C@]1(C2CC2)CCCN1)c1ccccc1. The summed E-state index contributed by atoms with van der Waals surface area (Å²) in [5.74, 6) is 0.752. The van der Waals surface area contributed by atoms with Crippen LogP contribution in [0.25, 0.3) is 0 Å². The van der Waals surface area contributed by atoms with E-state index in [1.807, 2.05) is 18.2 Å². The van der Waals surface area contributed by atoms with E-state index < -0.39 is 0 Å². The minimum absolute atomic E-state index is 0.0757. The van der Waals surface area contributed by atoms with Crippen LogP contribution in [0.5, 0.6) is 0 Å². The summed E-state index contributed by atoms with van der Waals surface area (Å²) in [5.41, 5.74) is 0.892. The predicted octanol–water partition coefficient (Wildman–Crippen LogP) is 2.40. The van der Waals surface area contributed by atoms with E-state index in [1.54, 1.807) is 0 Å². The van der Waals surface area contributed by atoms with Crippen LogP contribution in [0.2, 0.25) is 0 Å². The quantitative estimate of drug-likeness (QED) is 0.870. The third-order valence-electron chi connectivity index (χ3n) is 4.51. The highest BCUT2D eigenvalue weighted by Gasteiger charge is 2.52. The van der Waals surface area contributed by atoms with Crippen molar-refractivity contribution in [3.63, 3.8) is 0 Å². The third-order valence-corrected chi connectivity index (χ3v) is 4.51. The summed E-state index contributed by atoms with van der Waals surface area (Å²) in [6.45, 7) is 3.03. The van der Waals surface area contributed by atoms with Gasteiger partial charge in [-0.3, -0.25) is 4.79 Å². The molecule has 1 unspecified atom stereocenters.